The molecule has 9 heteroatoms. The lowest BCUT2D eigenvalue weighted by Gasteiger charge is -2.30. The summed E-state index contributed by atoms with van der Waals surface area (Å²) in [5, 5.41) is 2.91. The van der Waals surface area contributed by atoms with Crippen LogP contribution in [-0.4, -0.2) is 52.0 Å². The number of sulfonamides is 1. The van der Waals surface area contributed by atoms with E-state index >= 15 is 0 Å². The van der Waals surface area contributed by atoms with Gasteiger partial charge in [0.15, 0.2) is 0 Å². The molecule has 0 radical (unpaired) electrons. The number of halogens is 1. The smallest absolute Gasteiger partial charge is 0.374 e. The van der Waals surface area contributed by atoms with E-state index in [9.17, 15) is 13.2 Å². The first kappa shape index (κ1) is 20.0. The van der Waals surface area contributed by atoms with Crippen molar-refractivity contribution >= 4 is 28.4 Å². The lowest BCUT2D eigenvalue weighted by atomic mass is 9.98. The Balaban J connectivity index is 0.00000264. The zero-order valence-electron chi connectivity index (χ0n) is 13.3. The molecular formula is C14H23ClN2O5S. The summed E-state index contributed by atoms with van der Waals surface area (Å²) in [4.78, 5) is 11.5. The number of hydrogen-bond donors (Lipinski definition) is 1. The third-order valence-electron chi connectivity index (χ3n) is 3.72. The van der Waals surface area contributed by atoms with Gasteiger partial charge in [0, 0.05) is 13.1 Å². The summed E-state index contributed by atoms with van der Waals surface area (Å²) < 4.78 is 36.4. The second-order valence-electron chi connectivity index (χ2n) is 5.24. The van der Waals surface area contributed by atoms with E-state index in [-0.39, 0.29) is 29.9 Å². The molecule has 2 heterocycles. The van der Waals surface area contributed by atoms with Crippen LogP contribution in [0.15, 0.2) is 21.6 Å². The van der Waals surface area contributed by atoms with E-state index in [1.54, 1.807) is 6.92 Å². The average Bonchev–Trinajstić information content (AvgIpc) is 2.99. The van der Waals surface area contributed by atoms with E-state index in [0.29, 0.717) is 19.0 Å². The molecule has 0 aliphatic carbocycles. The van der Waals surface area contributed by atoms with Crippen LogP contribution in [0.3, 0.4) is 0 Å². The fraction of sp³-hybridized carbons (Fsp3) is 0.643. The van der Waals surface area contributed by atoms with Crippen molar-refractivity contribution in [1.82, 2.24) is 9.62 Å². The lowest BCUT2D eigenvalue weighted by molar-refractivity contribution is 0.0483. The molecule has 1 aromatic rings. The molecule has 1 aromatic heterocycles. The molecule has 1 fully saturated rings. The van der Waals surface area contributed by atoms with Gasteiger partial charge in [0.05, 0.1) is 6.61 Å². The first-order valence-corrected chi connectivity index (χ1v) is 8.84. The van der Waals surface area contributed by atoms with Crippen LogP contribution >= 0.6 is 12.4 Å². The maximum Gasteiger partial charge on any atom is 0.374 e. The van der Waals surface area contributed by atoms with Gasteiger partial charge in [-0.2, -0.15) is 4.31 Å². The van der Waals surface area contributed by atoms with Gasteiger partial charge >= 0.3 is 5.97 Å². The van der Waals surface area contributed by atoms with Crippen molar-refractivity contribution in [2.75, 3.05) is 33.3 Å². The normalized spacial score (nSPS) is 16.8. The standard InChI is InChI=1S/C14H22N2O5S.ClH/c1-3-20-14(17)12-4-5-13(21-12)22(18,19)16-8-6-11(7-9-16)10-15-2;/h4-5,11,15H,3,6-10H2,1-2H3;1H. The van der Waals surface area contributed by atoms with E-state index in [4.69, 9.17) is 9.15 Å². The first-order valence-electron chi connectivity index (χ1n) is 7.40. The molecule has 0 aromatic carbocycles. The number of carbonyl (C=O) groups excluding carboxylic acids is 1. The number of hydrogen-bond acceptors (Lipinski definition) is 6. The van der Waals surface area contributed by atoms with Gasteiger partial charge in [0.25, 0.3) is 10.0 Å². The van der Waals surface area contributed by atoms with Crippen molar-refractivity contribution in [2.45, 2.75) is 24.9 Å². The third kappa shape index (κ3) is 4.69. The first-order chi connectivity index (χ1) is 10.5. The van der Waals surface area contributed by atoms with Gasteiger partial charge in [0.1, 0.15) is 0 Å². The number of piperidine rings is 1. The molecule has 1 aliphatic rings. The highest BCUT2D eigenvalue weighted by atomic mass is 35.5. The monoisotopic (exact) mass is 366 g/mol. The summed E-state index contributed by atoms with van der Waals surface area (Å²) in [6.07, 6.45) is 1.62. The van der Waals surface area contributed by atoms with Gasteiger partial charge in [-0.15, -0.1) is 12.4 Å². The van der Waals surface area contributed by atoms with E-state index in [2.05, 4.69) is 5.32 Å². The Morgan fingerprint density at radius 2 is 2.04 bits per heavy atom. The lowest BCUT2D eigenvalue weighted by Crippen LogP contribution is -2.40. The van der Waals surface area contributed by atoms with Crippen molar-refractivity contribution in [1.29, 1.82) is 0 Å². The number of nitrogens with zero attached hydrogens (tertiary/aromatic N) is 1. The van der Waals surface area contributed by atoms with E-state index in [1.807, 2.05) is 7.05 Å². The Morgan fingerprint density at radius 3 is 2.61 bits per heavy atom. The van der Waals surface area contributed by atoms with Crippen LogP contribution in [0.2, 0.25) is 0 Å². The molecule has 132 valence electrons. The maximum atomic E-state index is 12.5. The highest BCUT2D eigenvalue weighted by Gasteiger charge is 2.32. The predicted octanol–water partition coefficient (Wildman–Crippen LogP) is 1.50. The van der Waals surface area contributed by atoms with Crippen molar-refractivity contribution in [3.8, 4) is 0 Å². The molecule has 7 nitrogen and oxygen atoms in total. The Labute approximate surface area is 142 Å². The quantitative estimate of drug-likeness (QED) is 0.767. The van der Waals surface area contributed by atoms with Gasteiger partial charge in [-0.25, -0.2) is 13.2 Å². The van der Waals surface area contributed by atoms with E-state index in [1.165, 1.54) is 16.4 Å². The summed E-state index contributed by atoms with van der Waals surface area (Å²) in [5.74, 6) is -0.259. The van der Waals surface area contributed by atoms with E-state index < -0.39 is 16.0 Å². The second kappa shape index (κ2) is 8.68. The van der Waals surface area contributed by atoms with Crippen molar-refractivity contribution in [3.05, 3.63) is 17.9 Å². The van der Waals surface area contributed by atoms with Crippen LogP contribution < -0.4 is 5.32 Å². The predicted molar refractivity (Wildman–Crippen MR) is 87.3 cm³/mol. The summed E-state index contributed by atoms with van der Waals surface area (Å²) in [5.41, 5.74) is 0. The summed E-state index contributed by atoms with van der Waals surface area (Å²) in [7, 11) is -1.80. The largest absolute Gasteiger partial charge is 0.460 e. The molecule has 1 aliphatic heterocycles. The summed E-state index contributed by atoms with van der Waals surface area (Å²) in [6, 6.07) is 2.64. The minimum absolute atomic E-state index is 0. The Morgan fingerprint density at radius 1 is 1.39 bits per heavy atom. The Bertz CT molecular complexity index is 608. The summed E-state index contributed by atoms with van der Waals surface area (Å²) >= 11 is 0. The van der Waals surface area contributed by atoms with Gasteiger partial charge in [0.2, 0.25) is 10.9 Å². The van der Waals surface area contributed by atoms with Crippen LogP contribution in [0, 0.1) is 5.92 Å². The van der Waals surface area contributed by atoms with Crippen LogP contribution in [0.5, 0.6) is 0 Å². The van der Waals surface area contributed by atoms with Gasteiger partial charge in [-0.3, -0.25) is 0 Å². The van der Waals surface area contributed by atoms with Gasteiger partial charge < -0.3 is 14.5 Å². The van der Waals surface area contributed by atoms with Crippen molar-refractivity contribution in [3.63, 3.8) is 0 Å². The Hall–Kier alpha value is -1.09. The number of rotatable bonds is 6. The average molecular weight is 367 g/mol. The summed E-state index contributed by atoms with van der Waals surface area (Å²) in [6.45, 7) is 3.70. The highest BCUT2D eigenvalue weighted by Crippen LogP contribution is 2.25. The fourth-order valence-corrected chi connectivity index (χ4v) is 3.92. The number of furan rings is 1. The molecule has 0 atom stereocenters. The number of nitrogens with one attached hydrogen (secondary N) is 1. The van der Waals surface area contributed by atoms with Crippen LogP contribution in [0.25, 0.3) is 0 Å². The molecule has 0 saturated carbocycles. The molecule has 23 heavy (non-hydrogen) atoms. The molecule has 2 rings (SSSR count). The van der Waals surface area contributed by atoms with Crippen molar-refractivity contribution in [2.24, 2.45) is 5.92 Å². The SMILES string of the molecule is CCOC(=O)c1ccc(S(=O)(=O)N2CCC(CNC)CC2)o1.Cl. The second-order valence-corrected chi connectivity index (χ2v) is 7.11. The zero-order chi connectivity index (χ0) is 16.2. The van der Waals surface area contributed by atoms with E-state index in [0.717, 1.165) is 19.4 Å². The van der Waals surface area contributed by atoms with Crippen LogP contribution in [0.4, 0.5) is 0 Å². The van der Waals surface area contributed by atoms with Crippen LogP contribution in [-0.2, 0) is 14.8 Å². The minimum Gasteiger partial charge on any atom is -0.460 e. The molecule has 0 amide bonds. The van der Waals surface area contributed by atoms with Crippen LogP contribution in [0.1, 0.15) is 30.3 Å². The number of ether oxygens (including phenoxy) is 1. The maximum absolute atomic E-state index is 12.5. The molecule has 1 N–H and O–H groups in total. The minimum atomic E-state index is -3.69. The van der Waals surface area contributed by atoms with Gasteiger partial charge in [-0.05, 0) is 51.4 Å². The molecule has 0 unspecified atom stereocenters. The fourth-order valence-electron chi connectivity index (χ4n) is 2.54. The van der Waals surface area contributed by atoms with Crippen molar-refractivity contribution < 1.29 is 22.4 Å². The Kier molecular flexibility index (Phi) is 7.53. The molecular weight excluding hydrogens is 344 g/mol. The molecule has 0 bridgehead atoms. The topological polar surface area (TPSA) is 88.9 Å². The zero-order valence-corrected chi connectivity index (χ0v) is 14.9. The number of esters is 1. The van der Waals surface area contributed by atoms with Gasteiger partial charge in [-0.1, -0.05) is 0 Å². The third-order valence-corrected chi connectivity index (χ3v) is 5.49. The highest BCUT2D eigenvalue weighted by molar-refractivity contribution is 7.89. The molecule has 0 spiro atoms. The number of carbonyl (C=O) groups is 1. The molecule has 1 saturated heterocycles.